The topological polar surface area (TPSA) is 69.2 Å². The van der Waals surface area contributed by atoms with Crippen LogP contribution in [0.2, 0.25) is 0 Å². The third-order valence-corrected chi connectivity index (χ3v) is 5.23. The number of nitrogens with zero attached hydrogens (tertiary/aromatic N) is 3. The normalized spacial score (nSPS) is 18.0. The molecule has 0 radical (unpaired) electrons. The minimum absolute atomic E-state index is 0. The van der Waals surface area contributed by atoms with E-state index in [1.54, 1.807) is 20.0 Å². The van der Waals surface area contributed by atoms with Crippen molar-refractivity contribution in [1.82, 2.24) is 15.5 Å². The van der Waals surface area contributed by atoms with Gasteiger partial charge in [0.05, 0.1) is 18.3 Å². The molecule has 1 aliphatic carbocycles. The second-order valence-corrected chi connectivity index (χ2v) is 7.16. The number of guanidine groups is 1. The van der Waals surface area contributed by atoms with Crippen LogP contribution in [0, 0.1) is 11.7 Å². The van der Waals surface area contributed by atoms with Crippen LogP contribution in [-0.2, 0) is 4.74 Å². The summed E-state index contributed by atoms with van der Waals surface area (Å²) in [5.41, 5.74) is 0.650. The Morgan fingerprint density at radius 1 is 1.28 bits per heavy atom. The van der Waals surface area contributed by atoms with Gasteiger partial charge in [0.1, 0.15) is 5.82 Å². The predicted molar refractivity (Wildman–Crippen MR) is 124 cm³/mol. The number of para-hydroxylation sites is 1. The maximum Gasteiger partial charge on any atom is 0.407 e. The van der Waals surface area contributed by atoms with E-state index in [1.807, 2.05) is 12.1 Å². The lowest BCUT2D eigenvalue weighted by Crippen LogP contribution is -2.55. The van der Waals surface area contributed by atoms with Crippen molar-refractivity contribution < 1.29 is 13.9 Å². The molecular weight excluding hydrogens is 488 g/mol. The highest BCUT2D eigenvalue weighted by molar-refractivity contribution is 14.0. The number of aliphatic imine (C=N–C) groups is 1. The summed E-state index contributed by atoms with van der Waals surface area (Å²) in [6.45, 7) is 5.76. The smallest absolute Gasteiger partial charge is 0.407 e. The number of halogens is 2. The molecule has 1 aliphatic heterocycles. The van der Waals surface area contributed by atoms with Gasteiger partial charge in [-0.05, 0) is 37.8 Å². The molecule has 1 unspecified atom stereocenters. The number of anilines is 1. The molecule has 9 heteroatoms. The number of amides is 1. The third-order valence-electron chi connectivity index (χ3n) is 5.23. The average molecular weight is 519 g/mol. The van der Waals surface area contributed by atoms with Gasteiger partial charge in [-0.3, -0.25) is 4.99 Å². The molecule has 1 saturated heterocycles. The number of piperazine rings is 1. The highest BCUT2D eigenvalue weighted by atomic mass is 127. The Bertz CT molecular complexity index is 693. The van der Waals surface area contributed by atoms with Crippen molar-refractivity contribution in [2.45, 2.75) is 25.8 Å². The van der Waals surface area contributed by atoms with E-state index in [2.05, 4.69) is 25.4 Å². The van der Waals surface area contributed by atoms with Crippen LogP contribution in [0.1, 0.15) is 19.8 Å². The minimum atomic E-state index is -0.366. The van der Waals surface area contributed by atoms with E-state index in [0.717, 1.165) is 45.0 Å². The summed E-state index contributed by atoms with van der Waals surface area (Å²) in [5.74, 6) is 1.12. The molecule has 2 aliphatic rings. The zero-order valence-electron chi connectivity index (χ0n) is 17.1. The van der Waals surface area contributed by atoms with Gasteiger partial charge in [0.2, 0.25) is 0 Å². The summed E-state index contributed by atoms with van der Waals surface area (Å²) in [6.07, 6.45) is 1.88. The zero-order valence-corrected chi connectivity index (χ0v) is 19.4. The van der Waals surface area contributed by atoms with E-state index in [0.29, 0.717) is 24.8 Å². The Balaban J connectivity index is 0.00000300. The summed E-state index contributed by atoms with van der Waals surface area (Å²) in [4.78, 5) is 20.4. The Kier molecular flexibility index (Phi) is 9.25. The zero-order chi connectivity index (χ0) is 19.9. The fourth-order valence-electron chi connectivity index (χ4n) is 3.56. The number of hydrogen-bond donors (Lipinski definition) is 2. The number of ether oxygens (including phenoxy) is 1. The molecule has 2 N–H and O–H groups in total. The predicted octanol–water partition coefficient (Wildman–Crippen LogP) is 2.67. The molecule has 1 heterocycles. The van der Waals surface area contributed by atoms with Gasteiger partial charge in [0.25, 0.3) is 0 Å². The number of hydrogen-bond acceptors (Lipinski definition) is 4. The van der Waals surface area contributed by atoms with Crippen LogP contribution in [0.25, 0.3) is 0 Å². The molecule has 1 amide bonds. The number of rotatable bonds is 6. The second-order valence-electron chi connectivity index (χ2n) is 7.16. The standard InChI is InChI=1S/C20H30FN5O2.HI/c1-3-28-20(27)24-17(15-8-9-15)14-23-19(22-2)26-12-10-25(11-13-26)18-7-5-4-6-16(18)21;/h4-7,15,17H,3,8-14H2,1-2H3,(H,22,23)(H,24,27);1H. The van der Waals surface area contributed by atoms with E-state index >= 15 is 0 Å². The van der Waals surface area contributed by atoms with Crippen molar-refractivity contribution in [3.63, 3.8) is 0 Å². The first-order chi connectivity index (χ1) is 13.6. The van der Waals surface area contributed by atoms with Gasteiger partial charge in [-0.1, -0.05) is 12.1 Å². The molecule has 1 saturated carbocycles. The fourth-order valence-corrected chi connectivity index (χ4v) is 3.56. The van der Waals surface area contributed by atoms with Crippen molar-refractivity contribution in [3.05, 3.63) is 30.1 Å². The molecule has 3 rings (SSSR count). The average Bonchev–Trinajstić information content (AvgIpc) is 3.54. The van der Waals surface area contributed by atoms with E-state index < -0.39 is 0 Å². The van der Waals surface area contributed by atoms with Crippen LogP contribution in [0.3, 0.4) is 0 Å². The summed E-state index contributed by atoms with van der Waals surface area (Å²) in [5, 5.41) is 6.34. The first-order valence-electron chi connectivity index (χ1n) is 10.0. The Morgan fingerprint density at radius 2 is 1.97 bits per heavy atom. The summed E-state index contributed by atoms with van der Waals surface area (Å²) < 4.78 is 19.0. The summed E-state index contributed by atoms with van der Waals surface area (Å²) in [6, 6.07) is 6.92. The molecular formula is C20H31FIN5O2. The van der Waals surface area contributed by atoms with E-state index in [1.165, 1.54) is 6.07 Å². The number of nitrogens with one attached hydrogen (secondary N) is 2. The molecule has 0 bridgehead atoms. The Morgan fingerprint density at radius 3 is 2.55 bits per heavy atom. The SMILES string of the molecule is CCOC(=O)NC(CNC(=NC)N1CCN(c2ccccc2F)CC1)C1CC1.I. The maximum absolute atomic E-state index is 14.0. The van der Waals surface area contributed by atoms with Crippen molar-refractivity contribution in [2.75, 3.05) is 51.3 Å². The third kappa shape index (κ3) is 6.61. The molecule has 0 aromatic heterocycles. The second kappa shape index (κ2) is 11.4. The first-order valence-corrected chi connectivity index (χ1v) is 10.0. The van der Waals surface area contributed by atoms with E-state index in [-0.39, 0.29) is 41.9 Å². The molecule has 1 aromatic carbocycles. The van der Waals surface area contributed by atoms with Crippen LogP contribution in [0.15, 0.2) is 29.3 Å². The van der Waals surface area contributed by atoms with E-state index in [4.69, 9.17) is 4.74 Å². The van der Waals surface area contributed by atoms with Gasteiger partial charge in [0, 0.05) is 39.8 Å². The first kappa shape index (κ1) is 23.5. The lowest BCUT2D eigenvalue weighted by molar-refractivity contribution is 0.146. The number of carbonyl (C=O) groups is 1. The van der Waals surface area contributed by atoms with Gasteiger partial charge in [-0.15, -0.1) is 24.0 Å². The number of carbonyl (C=O) groups excluding carboxylic acids is 1. The number of benzene rings is 1. The number of alkyl carbamates (subject to hydrolysis) is 1. The van der Waals surface area contributed by atoms with Crippen LogP contribution in [-0.4, -0.2) is 69.4 Å². The van der Waals surface area contributed by atoms with Crippen LogP contribution < -0.4 is 15.5 Å². The molecule has 1 atom stereocenters. The monoisotopic (exact) mass is 519 g/mol. The molecule has 1 aromatic rings. The van der Waals surface area contributed by atoms with Crippen LogP contribution >= 0.6 is 24.0 Å². The minimum Gasteiger partial charge on any atom is -0.450 e. The van der Waals surface area contributed by atoms with Crippen molar-refractivity contribution in [1.29, 1.82) is 0 Å². The Hall–Kier alpha value is -1.78. The summed E-state index contributed by atoms with van der Waals surface area (Å²) in [7, 11) is 1.76. The van der Waals surface area contributed by atoms with Gasteiger partial charge in [-0.25, -0.2) is 9.18 Å². The molecule has 2 fully saturated rings. The molecule has 162 valence electrons. The lowest BCUT2D eigenvalue weighted by atomic mass is 10.2. The fraction of sp³-hybridized carbons (Fsp3) is 0.600. The lowest BCUT2D eigenvalue weighted by Gasteiger charge is -2.38. The maximum atomic E-state index is 14.0. The van der Waals surface area contributed by atoms with Crippen LogP contribution in [0.4, 0.5) is 14.9 Å². The van der Waals surface area contributed by atoms with Gasteiger partial charge < -0.3 is 25.2 Å². The van der Waals surface area contributed by atoms with Gasteiger partial charge >= 0.3 is 6.09 Å². The van der Waals surface area contributed by atoms with Gasteiger partial charge in [-0.2, -0.15) is 0 Å². The van der Waals surface area contributed by atoms with E-state index in [9.17, 15) is 9.18 Å². The Labute approximate surface area is 189 Å². The van der Waals surface area contributed by atoms with Crippen molar-refractivity contribution in [3.8, 4) is 0 Å². The van der Waals surface area contributed by atoms with Crippen molar-refractivity contribution in [2.24, 2.45) is 10.9 Å². The molecule has 29 heavy (non-hydrogen) atoms. The molecule has 0 spiro atoms. The van der Waals surface area contributed by atoms with Crippen LogP contribution in [0.5, 0.6) is 0 Å². The quantitative estimate of drug-likeness (QED) is 0.344. The molecule has 7 nitrogen and oxygen atoms in total. The highest BCUT2D eigenvalue weighted by Crippen LogP contribution is 2.32. The summed E-state index contributed by atoms with van der Waals surface area (Å²) >= 11 is 0. The van der Waals surface area contributed by atoms with Crippen molar-refractivity contribution >= 4 is 41.7 Å². The largest absolute Gasteiger partial charge is 0.450 e. The highest BCUT2D eigenvalue weighted by Gasteiger charge is 2.33. The van der Waals surface area contributed by atoms with Gasteiger partial charge in [0.15, 0.2) is 5.96 Å².